The molecule has 1 aliphatic rings. The van der Waals surface area contributed by atoms with E-state index in [0.29, 0.717) is 6.04 Å². The van der Waals surface area contributed by atoms with Crippen molar-refractivity contribution < 1.29 is 0 Å². The average Bonchev–Trinajstić information content (AvgIpc) is 2.78. The Kier molecular flexibility index (Phi) is 4.57. The van der Waals surface area contributed by atoms with E-state index in [2.05, 4.69) is 31.5 Å². The molecule has 3 unspecified atom stereocenters. The molecule has 2 nitrogen and oxygen atoms in total. The van der Waals surface area contributed by atoms with Gasteiger partial charge in [0.05, 0.1) is 10.7 Å². The molecule has 0 radical (unpaired) electrons. The van der Waals surface area contributed by atoms with Crippen LogP contribution >= 0.6 is 11.3 Å². The van der Waals surface area contributed by atoms with Crippen molar-refractivity contribution >= 4 is 11.3 Å². The number of hydrogen-bond donors (Lipinski definition) is 1. The molecular weight excluding hydrogens is 228 g/mol. The largest absolute Gasteiger partial charge is 0.309 e. The highest BCUT2D eigenvalue weighted by atomic mass is 32.1. The monoisotopic (exact) mass is 252 g/mol. The molecule has 17 heavy (non-hydrogen) atoms. The third kappa shape index (κ3) is 3.29. The maximum Gasteiger partial charge on any atom is 0.0960 e. The number of aromatic nitrogens is 1. The van der Waals surface area contributed by atoms with E-state index in [9.17, 15) is 0 Å². The number of thiazole rings is 1. The molecule has 1 saturated carbocycles. The molecular formula is C14H24N2S. The van der Waals surface area contributed by atoms with Gasteiger partial charge in [-0.2, -0.15) is 0 Å². The summed E-state index contributed by atoms with van der Waals surface area (Å²) in [5, 5.41) is 7.04. The Bertz CT molecular complexity index is 348. The summed E-state index contributed by atoms with van der Waals surface area (Å²) < 4.78 is 0. The van der Waals surface area contributed by atoms with Gasteiger partial charge < -0.3 is 5.32 Å². The summed E-state index contributed by atoms with van der Waals surface area (Å²) in [6.45, 7) is 7.73. The van der Waals surface area contributed by atoms with E-state index in [1.165, 1.54) is 36.4 Å². The van der Waals surface area contributed by atoms with Gasteiger partial charge in [0, 0.05) is 17.3 Å². The van der Waals surface area contributed by atoms with Crippen LogP contribution in [0.1, 0.15) is 69.1 Å². The second kappa shape index (κ2) is 5.96. The molecule has 1 aromatic rings. The highest BCUT2D eigenvalue weighted by Gasteiger charge is 2.23. The van der Waals surface area contributed by atoms with Gasteiger partial charge >= 0.3 is 0 Å². The lowest BCUT2D eigenvalue weighted by atomic mass is 9.83. The molecule has 0 spiro atoms. The first kappa shape index (κ1) is 13.0. The van der Waals surface area contributed by atoms with E-state index in [1.54, 1.807) is 0 Å². The van der Waals surface area contributed by atoms with Gasteiger partial charge in [-0.25, -0.2) is 4.98 Å². The Hall–Kier alpha value is -0.410. The summed E-state index contributed by atoms with van der Waals surface area (Å²) >= 11 is 1.86. The molecule has 2 rings (SSSR count). The summed E-state index contributed by atoms with van der Waals surface area (Å²) in [5.74, 6) is 1.61. The lowest BCUT2D eigenvalue weighted by Crippen LogP contribution is -2.18. The van der Waals surface area contributed by atoms with E-state index in [1.807, 2.05) is 11.3 Å². The minimum absolute atomic E-state index is 0.394. The quantitative estimate of drug-likeness (QED) is 0.872. The molecule has 0 amide bonds. The van der Waals surface area contributed by atoms with Crippen molar-refractivity contribution in [3.63, 3.8) is 0 Å². The minimum atomic E-state index is 0.394. The molecule has 1 aromatic heterocycles. The summed E-state index contributed by atoms with van der Waals surface area (Å²) in [6, 6.07) is 0.394. The van der Waals surface area contributed by atoms with Crippen molar-refractivity contribution in [1.82, 2.24) is 10.3 Å². The van der Waals surface area contributed by atoms with E-state index in [-0.39, 0.29) is 0 Å². The van der Waals surface area contributed by atoms with Crippen molar-refractivity contribution in [3.8, 4) is 0 Å². The van der Waals surface area contributed by atoms with Gasteiger partial charge in [0.2, 0.25) is 0 Å². The molecule has 1 fully saturated rings. The fraction of sp³-hybridized carbons (Fsp3) is 0.786. The van der Waals surface area contributed by atoms with Crippen LogP contribution in [0.15, 0.2) is 5.38 Å². The van der Waals surface area contributed by atoms with Crippen LogP contribution in [-0.4, -0.2) is 11.5 Å². The first-order valence-electron chi connectivity index (χ1n) is 6.89. The summed E-state index contributed by atoms with van der Waals surface area (Å²) in [4.78, 5) is 4.84. The zero-order chi connectivity index (χ0) is 12.3. The third-order valence-corrected chi connectivity index (χ3v) is 4.80. The van der Waals surface area contributed by atoms with Crippen molar-refractivity contribution in [1.29, 1.82) is 0 Å². The SMILES string of the molecule is CCNC(C)c1csc(C2CCCC(C)C2)n1. The summed E-state index contributed by atoms with van der Waals surface area (Å²) in [5.41, 5.74) is 1.23. The first-order valence-corrected chi connectivity index (χ1v) is 7.77. The predicted octanol–water partition coefficient (Wildman–Crippen LogP) is 4.11. The maximum absolute atomic E-state index is 4.84. The van der Waals surface area contributed by atoms with E-state index >= 15 is 0 Å². The second-order valence-corrected chi connectivity index (χ2v) is 6.25. The van der Waals surface area contributed by atoms with E-state index in [4.69, 9.17) is 4.98 Å². The van der Waals surface area contributed by atoms with Gasteiger partial charge in [0.15, 0.2) is 0 Å². The van der Waals surface area contributed by atoms with Gasteiger partial charge in [-0.1, -0.05) is 26.7 Å². The van der Waals surface area contributed by atoms with Crippen LogP contribution in [0.2, 0.25) is 0 Å². The summed E-state index contributed by atoms with van der Waals surface area (Å²) in [7, 11) is 0. The Balaban J connectivity index is 2.02. The highest BCUT2D eigenvalue weighted by Crippen LogP contribution is 2.37. The summed E-state index contributed by atoms with van der Waals surface area (Å²) in [6.07, 6.45) is 5.46. The lowest BCUT2D eigenvalue weighted by Gasteiger charge is -2.25. The van der Waals surface area contributed by atoms with Crippen molar-refractivity contribution in [2.24, 2.45) is 5.92 Å². The average molecular weight is 252 g/mol. The molecule has 0 bridgehead atoms. The van der Waals surface area contributed by atoms with Gasteiger partial charge in [0.1, 0.15) is 0 Å². The van der Waals surface area contributed by atoms with E-state index in [0.717, 1.165) is 18.4 Å². The topological polar surface area (TPSA) is 24.9 Å². The molecule has 96 valence electrons. The molecule has 0 saturated heterocycles. The third-order valence-electron chi connectivity index (χ3n) is 3.78. The standard InChI is InChI=1S/C14H24N2S/c1-4-15-11(3)13-9-17-14(16-13)12-7-5-6-10(2)8-12/h9-12,15H,4-8H2,1-3H3. The van der Waals surface area contributed by atoms with Crippen LogP contribution in [0.3, 0.4) is 0 Å². The molecule has 0 aliphatic heterocycles. The predicted molar refractivity (Wildman–Crippen MR) is 74.6 cm³/mol. The molecule has 1 heterocycles. The zero-order valence-electron chi connectivity index (χ0n) is 11.2. The van der Waals surface area contributed by atoms with Crippen molar-refractivity contribution in [2.75, 3.05) is 6.54 Å². The molecule has 1 aliphatic carbocycles. The molecule has 3 heteroatoms. The minimum Gasteiger partial charge on any atom is -0.309 e. The van der Waals surface area contributed by atoms with Crippen LogP contribution in [-0.2, 0) is 0 Å². The Morgan fingerprint density at radius 3 is 3.06 bits per heavy atom. The Labute approximate surface area is 109 Å². The Morgan fingerprint density at radius 1 is 1.53 bits per heavy atom. The van der Waals surface area contributed by atoms with E-state index < -0.39 is 0 Å². The fourth-order valence-electron chi connectivity index (χ4n) is 2.76. The Morgan fingerprint density at radius 2 is 2.35 bits per heavy atom. The van der Waals surface area contributed by atoms with Crippen LogP contribution in [0.25, 0.3) is 0 Å². The lowest BCUT2D eigenvalue weighted by molar-refractivity contribution is 0.343. The van der Waals surface area contributed by atoms with Crippen LogP contribution in [0.4, 0.5) is 0 Å². The van der Waals surface area contributed by atoms with Gasteiger partial charge in [-0.15, -0.1) is 11.3 Å². The van der Waals surface area contributed by atoms with Crippen LogP contribution < -0.4 is 5.32 Å². The smallest absolute Gasteiger partial charge is 0.0960 e. The maximum atomic E-state index is 4.84. The fourth-order valence-corrected chi connectivity index (χ4v) is 3.82. The number of nitrogens with zero attached hydrogens (tertiary/aromatic N) is 1. The number of hydrogen-bond acceptors (Lipinski definition) is 3. The zero-order valence-corrected chi connectivity index (χ0v) is 12.0. The molecule has 3 atom stereocenters. The first-order chi connectivity index (χ1) is 8.20. The number of rotatable bonds is 4. The van der Waals surface area contributed by atoms with Crippen LogP contribution in [0, 0.1) is 5.92 Å². The normalized spacial score (nSPS) is 27.0. The van der Waals surface area contributed by atoms with Gasteiger partial charge in [-0.05, 0) is 32.2 Å². The highest BCUT2D eigenvalue weighted by molar-refractivity contribution is 7.09. The van der Waals surface area contributed by atoms with Crippen LogP contribution in [0.5, 0.6) is 0 Å². The second-order valence-electron chi connectivity index (χ2n) is 5.36. The van der Waals surface area contributed by atoms with Gasteiger partial charge in [-0.3, -0.25) is 0 Å². The van der Waals surface area contributed by atoms with Crippen molar-refractivity contribution in [2.45, 2.75) is 58.4 Å². The molecule has 0 aromatic carbocycles. The van der Waals surface area contributed by atoms with Gasteiger partial charge in [0.25, 0.3) is 0 Å². The number of nitrogens with one attached hydrogen (secondary N) is 1. The molecule has 1 N–H and O–H groups in total. The van der Waals surface area contributed by atoms with Crippen molar-refractivity contribution in [3.05, 3.63) is 16.1 Å².